The number of amides is 1. The van der Waals surface area contributed by atoms with Crippen LogP contribution >= 0.6 is 11.3 Å². The van der Waals surface area contributed by atoms with Crippen LogP contribution in [0.4, 0.5) is 11.4 Å². The van der Waals surface area contributed by atoms with E-state index in [-0.39, 0.29) is 17.5 Å². The van der Waals surface area contributed by atoms with E-state index in [4.69, 9.17) is 4.74 Å². The van der Waals surface area contributed by atoms with Crippen LogP contribution in [0.5, 0.6) is 5.75 Å². The minimum atomic E-state index is -0.506. The van der Waals surface area contributed by atoms with Crippen molar-refractivity contribution < 1.29 is 9.53 Å². The van der Waals surface area contributed by atoms with Crippen molar-refractivity contribution in [2.45, 2.75) is 39.8 Å². The average molecular weight is 384 g/mol. The van der Waals surface area contributed by atoms with Crippen LogP contribution in [0.2, 0.25) is 0 Å². The number of nitrogens with one attached hydrogen (secondary N) is 3. The molecule has 1 aromatic carbocycles. The molecule has 2 atom stereocenters. The van der Waals surface area contributed by atoms with Gasteiger partial charge in [-0.05, 0) is 51.5 Å². The third-order valence-corrected chi connectivity index (χ3v) is 5.86. The van der Waals surface area contributed by atoms with E-state index in [0.29, 0.717) is 22.6 Å². The summed E-state index contributed by atoms with van der Waals surface area (Å²) in [5, 5.41) is 6.81. The molecule has 140 valence electrons. The predicted molar refractivity (Wildman–Crippen MR) is 107 cm³/mol. The molecule has 0 fully saturated rings. The highest BCUT2D eigenvalue weighted by molar-refractivity contribution is 7.18. The molecule has 0 aliphatic carbocycles. The van der Waals surface area contributed by atoms with E-state index in [1.54, 1.807) is 6.92 Å². The molecule has 3 aromatic rings. The van der Waals surface area contributed by atoms with Gasteiger partial charge < -0.3 is 20.4 Å². The van der Waals surface area contributed by atoms with Gasteiger partial charge in [0.1, 0.15) is 16.4 Å². The van der Waals surface area contributed by atoms with Crippen molar-refractivity contribution >= 4 is 38.8 Å². The molecule has 4 rings (SSSR count). The van der Waals surface area contributed by atoms with Gasteiger partial charge in [-0.25, -0.2) is 4.98 Å². The lowest BCUT2D eigenvalue weighted by Gasteiger charge is -2.24. The number of anilines is 2. The Kier molecular flexibility index (Phi) is 4.15. The zero-order chi connectivity index (χ0) is 19.3. The zero-order valence-corrected chi connectivity index (χ0v) is 16.3. The van der Waals surface area contributed by atoms with Gasteiger partial charge in [0.25, 0.3) is 11.5 Å². The highest BCUT2D eigenvalue weighted by Gasteiger charge is 2.24. The van der Waals surface area contributed by atoms with Crippen molar-refractivity contribution in [1.29, 1.82) is 0 Å². The van der Waals surface area contributed by atoms with Gasteiger partial charge in [-0.2, -0.15) is 0 Å². The summed E-state index contributed by atoms with van der Waals surface area (Å²) in [6.45, 7) is 7.57. The van der Waals surface area contributed by atoms with Crippen LogP contribution in [0.15, 0.2) is 23.0 Å². The molecule has 0 saturated carbocycles. The number of fused-ring (bicyclic) bond motifs is 2. The summed E-state index contributed by atoms with van der Waals surface area (Å²) < 4.78 is 5.57. The Morgan fingerprint density at radius 1 is 1.30 bits per heavy atom. The molecular formula is C19H20N4O3S. The van der Waals surface area contributed by atoms with Crippen LogP contribution in [-0.2, 0) is 4.79 Å². The molecule has 0 bridgehead atoms. The molecule has 0 saturated heterocycles. The second kappa shape index (κ2) is 6.38. The fourth-order valence-corrected chi connectivity index (χ4v) is 4.13. The van der Waals surface area contributed by atoms with Crippen molar-refractivity contribution in [3.05, 3.63) is 44.8 Å². The fourth-order valence-electron chi connectivity index (χ4n) is 3.09. The van der Waals surface area contributed by atoms with Crippen LogP contribution in [0.3, 0.4) is 0 Å². The SMILES string of the molecule is Cc1sc2nc(C(C)Nc3ccc4c(c3)NC(=O)C(C)O4)[nH]c(=O)c2c1C. The number of aromatic amines is 1. The van der Waals surface area contributed by atoms with Gasteiger partial charge in [-0.15, -0.1) is 11.3 Å². The monoisotopic (exact) mass is 384 g/mol. The molecule has 2 aromatic heterocycles. The van der Waals surface area contributed by atoms with Gasteiger partial charge in [0.15, 0.2) is 6.10 Å². The Bertz CT molecular complexity index is 1120. The number of aryl methyl sites for hydroxylation is 2. The summed E-state index contributed by atoms with van der Waals surface area (Å²) in [4.78, 5) is 33.6. The predicted octanol–water partition coefficient (Wildman–Crippen LogP) is 3.49. The van der Waals surface area contributed by atoms with Crippen molar-refractivity contribution in [2.75, 3.05) is 10.6 Å². The number of carbonyl (C=O) groups excluding carboxylic acids is 1. The zero-order valence-electron chi connectivity index (χ0n) is 15.5. The highest BCUT2D eigenvalue weighted by atomic mass is 32.1. The van der Waals surface area contributed by atoms with Gasteiger partial charge in [-0.1, -0.05) is 0 Å². The Hall–Kier alpha value is -2.87. The minimum Gasteiger partial charge on any atom is -0.479 e. The van der Waals surface area contributed by atoms with E-state index in [2.05, 4.69) is 20.6 Å². The number of rotatable bonds is 3. The summed E-state index contributed by atoms with van der Waals surface area (Å²) in [7, 11) is 0. The first-order valence-electron chi connectivity index (χ1n) is 8.71. The van der Waals surface area contributed by atoms with E-state index in [0.717, 1.165) is 21.0 Å². The van der Waals surface area contributed by atoms with Gasteiger partial charge in [0.2, 0.25) is 0 Å². The summed E-state index contributed by atoms with van der Waals surface area (Å²) in [5.74, 6) is 1.03. The van der Waals surface area contributed by atoms with Crippen LogP contribution in [-0.4, -0.2) is 22.0 Å². The van der Waals surface area contributed by atoms with E-state index in [1.165, 1.54) is 11.3 Å². The molecule has 2 unspecified atom stereocenters. The van der Waals surface area contributed by atoms with E-state index < -0.39 is 6.10 Å². The van der Waals surface area contributed by atoms with Crippen molar-refractivity contribution in [1.82, 2.24) is 9.97 Å². The van der Waals surface area contributed by atoms with Crippen LogP contribution < -0.4 is 20.9 Å². The maximum atomic E-state index is 12.5. The Morgan fingerprint density at radius 3 is 2.85 bits per heavy atom. The summed E-state index contributed by atoms with van der Waals surface area (Å²) in [6.07, 6.45) is -0.506. The Labute approximate surface area is 159 Å². The first kappa shape index (κ1) is 17.5. The summed E-state index contributed by atoms with van der Waals surface area (Å²) in [6, 6.07) is 5.27. The first-order valence-corrected chi connectivity index (χ1v) is 9.53. The van der Waals surface area contributed by atoms with E-state index in [1.807, 2.05) is 39.0 Å². The maximum absolute atomic E-state index is 12.5. The molecule has 1 amide bonds. The Morgan fingerprint density at radius 2 is 2.07 bits per heavy atom. The number of hydrogen-bond donors (Lipinski definition) is 3. The van der Waals surface area contributed by atoms with Crippen LogP contribution in [0.1, 0.15) is 36.2 Å². The first-order chi connectivity index (χ1) is 12.8. The second-order valence-electron chi connectivity index (χ2n) is 6.74. The van der Waals surface area contributed by atoms with E-state index >= 15 is 0 Å². The van der Waals surface area contributed by atoms with Crippen LogP contribution in [0, 0.1) is 13.8 Å². The number of nitrogens with zero attached hydrogens (tertiary/aromatic N) is 1. The minimum absolute atomic E-state index is 0.120. The Balaban J connectivity index is 1.62. The van der Waals surface area contributed by atoms with Crippen molar-refractivity contribution in [2.24, 2.45) is 0 Å². The molecule has 1 aliphatic rings. The summed E-state index contributed by atoms with van der Waals surface area (Å²) in [5.41, 5.74) is 2.28. The third-order valence-electron chi connectivity index (χ3n) is 4.76. The van der Waals surface area contributed by atoms with Gasteiger partial charge in [0.05, 0.1) is 17.1 Å². The molecule has 1 aliphatic heterocycles. The topological polar surface area (TPSA) is 96.1 Å². The molecular weight excluding hydrogens is 364 g/mol. The third kappa shape index (κ3) is 3.06. The summed E-state index contributed by atoms with van der Waals surface area (Å²) >= 11 is 1.53. The molecule has 7 nitrogen and oxygen atoms in total. The number of H-pyrrole nitrogens is 1. The molecule has 8 heteroatoms. The second-order valence-corrected chi connectivity index (χ2v) is 7.94. The molecule has 0 spiro atoms. The van der Waals surface area contributed by atoms with Crippen LogP contribution in [0.25, 0.3) is 10.2 Å². The lowest BCUT2D eigenvalue weighted by molar-refractivity contribution is -0.122. The number of aromatic nitrogens is 2. The number of ether oxygens (including phenoxy) is 1. The number of thiophene rings is 1. The van der Waals surface area contributed by atoms with E-state index in [9.17, 15) is 9.59 Å². The molecule has 0 radical (unpaired) electrons. The molecule has 27 heavy (non-hydrogen) atoms. The van der Waals surface area contributed by atoms with Crippen molar-refractivity contribution in [3.63, 3.8) is 0 Å². The molecule has 3 heterocycles. The maximum Gasteiger partial charge on any atom is 0.265 e. The quantitative estimate of drug-likeness (QED) is 0.642. The van der Waals surface area contributed by atoms with Gasteiger partial charge >= 0.3 is 0 Å². The lowest BCUT2D eigenvalue weighted by Crippen LogP contribution is -2.34. The lowest BCUT2D eigenvalue weighted by atomic mass is 10.2. The standard InChI is InChI=1S/C19H20N4O3S/c1-8-11(4)27-19-15(8)18(25)22-16(23-19)9(2)20-12-5-6-14-13(7-12)21-17(24)10(3)26-14/h5-7,9-10,20H,1-4H3,(H,21,24)(H,22,23,25). The smallest absolute Gasteiger partial charge is 0.265 e. The highest BCUT2D eigenvalue weighted by Crippen LogP contribution is 2.33. The average Bonchev–Trinajstić information content (AvgIpc) is 2.90. The van der Waals surface area contributed by atoms with Gasteiger partial charge in [-0.3, -0.25) is 9.59 Å². The van der Waals surface area contributed by atoms with Crippen molar-refractivity contribution in [3.8, 4) is 5.75 Å². The fraction of sp³-hybridized carbons (Fsp3) is 0.316. The van der Waals surface area contributed by atoms with Gasteiger partial charge in [0, 0.05) is 10.6 Å². The number of carbonyl (C=O) groups is 1. The molecule has 3 N–H and O–H groups in total. The largest absolute Gasteiger partial charge is 0.479 e. The number of benzene rings is 1. The normalized spacial score (nSPS) is 17.2. The number of hydrogen-bond acceptors (Lipinski definition) is 6.